The Balaban J connectivity index is 2.10. The molecule has 3 rings (SSSR count). The number of nitrogens with two attached hydrogens (primary N) is 1. The van der Waals surface area contributed by atoms with E-state index in [9.17, 15) is 0 Å². The van der Waals surface area contributed by atoms with Gasteiger partial charge in [-0.25, -0.2) is 4.68 Å². The Kier molecular flexibility index (Phi) is 2.52. The fraction of sp³-hybridized carbons (Fsp3) is 0.417. The van der Waals surface area contributed by atoms with Gasteiger partial charge in [0.1, 0.15) is 0 Å². The number of para-hydroxylation sites is 1. The maximum Gasteiger partial charge on any atom is 0.184 e. The largest absolute Gasteiger partial charge is 0.398 e. The van der Waals surface area contributed by atoms with Gasteiger partial charge < -0.3 is 10.5 Å². The summed E-state index contributed by atoms with van der Waals surface area (Å²) in [6, 6.07) is 7.60. The van der Waals surface area contributed by atoms with E-state index in [4.69, 9.17) is 10.5 Å². The Hall–Kier alpha value is -1.95. The lowest BCUT2D eigenvalue weighted by Gasteiger charge is -2.23. The summed E-state index contributed by atoms with van der Waals surface area (Å²) in [5, 5.41) is 12.0. The predicted molar refractivity (Wildman–Crippen MR) is 66.7 cm³/mol. The average Bonchev–Trinajstić information content (AvgIpc) is 2.99. The van der Waals surface area contributed by atoms with Gasteiger partial charge in [-0.1, -0.05) is 12.1 Å². The summed E-state index contributed by atoms with van der Waals surface area (Å²) in [4.78, 5) is 0. The number of rotatable bonds is 2. The van der Waals surface area contributed by atoms with Crippen LogP contribution in [0.1, 0.15) is 13.3 Å². The molecule has 2 aromatic rings. The molecule has 1 aromatic heterocycles. The van der Waals surface area contributed by atoms with Gasteiger partial charge in [-0.2, -0.15) is 0 Å². The zero-order valence-corrected chi connectivity index (χ0v) is 10.2. The van der Waals surface area contributed by atoms with E-state index in [0.29, 0.717) is 18.1 Å². The molecule has 1 saturated heterocycles. The third kappa shape index (κ3) is 1.65. The second-order valence-electron chi connectivity index (χ2n) is 4.80. The van der Waals surface area contributed by atoms with Crippen LogP contribution < -0.4 is 5.73 Å². The SMILES string of the molecule is CC1(n2nnnc2-c2ccccc2N)CCOC1. The normalized spacial score (nSPS) is 23.4. The van der Waals surface area contributed by atoms with E-state index in [1.54, 1.807) is 0 Å². The van der Waals surface area contributed by atoms with Crippen molar-refractivity contribution in [2.45, 2.75) is 18.9 Å². The van der Waals surface area contributed by atoms with Crippen molar-refractivity contribution in [1.82, 2.24) is 20.2 Å². The van der Waals surface area contributed by atoms with Crippen LogP contribution in [-0.4, -0.2) is 33.4 Å². The lowest BCUT2D eigenvalue weighted by Crippen LogP contribution is -2.32. The number of tetrazole rings is 1. The van der Waals surface area contributed by atoms with Gasteiger partial charge in [0.15, 0.2) is 5.82 Å². The van der Waals surface area contributed by atoms with E-state index < -0.39 is 0 Å². The zero-order chi connectivity index (χ0) is 12.6. The molecule has 0 amide bonds. The summed E-state index contributed by atoms with van der Waals surface area (Å²) >= 11 is 0. The molecular weight excluding hydrogens is 230 g/mol. The van der Waals surface area contributed by atoms with Crippen LogP contribution in [0, 0.1) is 0 Å². The Morgan fingerprint density at radius 2 is 2.22 bits per heavy atom. The number of hydrogen-bond acceptors (Lipinski definition) is 5. The monoisotopic (exact) mass is 245 g/mol. The summed E-state index contributed by atoms with van der Waals surface area (Å²) in [5.41, 5.74) is 7.32. The molecule has 94 valence electrons. The van der Waals surface area contributed by atoms with Gasteiger partial charge in [-0.15, -0.1) is 5.10 Å². The molecular formula is C12H15N5O. The van der Waals surface area contributed by atoms with Gasteiger partial charge in [0.2, 0.25) is 0 Å². The first-order chi connectivity index (χ1) is 8.71. The number of aromatic nitrogens is 4. The molecule has 18 heavy (non-hydrogen) atoms. The molecule has 1 unspecified atom stereocenters. The number of nitrogen functional groups attached to an aromatic ring is 1. The van der Waals surface area contributed by atoms with Crippen LogP contribution in [0.5, 0.6) is 0 Å². The van der Waals surface area contributed by atoms with Crippen molar-refractivity contribution in [3.05, 3.63) is 24.3 Å². The van der Waals surface area contributed by atoms with Crippen molar-refractivity contribution in [2.75, 3.05) is 18.9 Å². The second kappa shape index (κ2) is 4.06. The first kappa shape index (κ1) is 11.2. The van der Waals surface area contributed by atoms with E-state index in [0.717, 1.165) is 18.6 Å². The maximum absolute atomic E-state index is 5.98. The Labute approximate surface area is 105 Å². The van der Waals surface area contributed by atoms with Gasteiger partial charge >= 0.3 is 0 Å². The molecule has 1 fully saturated rings. The lowest BCUT2D eigenvalue weighted by atomic mass is 10.0. The van der Waals surface area contributed by atoms with Crippen LogP contribution in [0.4, 0.5) is 5.69 Å². The number of anilines is 1. The minimum absolute atomic E-state index is 0.193. The van der Waals surface area contributed by atoms with Crippen molar-refractivity contribution in [3.8, 4) is 11.4 Å². The van der Waals surface area contributed by atoms with Crippen molar-refractivity contribution >= 4 is 5.69 Å². The third-order valence-corrected chi connectivity index (χ3v) is 3.38. The van der Waals surface area contributed by atoms with Gasteiger partial charge in [-0.05, 0) is 35.9 Å². The smallest absolute Gasteiger partial charge is 0.184 e. The Bertz CT molecular complexity index is 559. The van der Waals surface area contributed by atoms with Crippen LogP contribution in [0.2, 0.25) is 0 Å². The highest BCUT2D eigenvalue weighted by atomic mass is 16.5. The van der Waals surface area contributed by atoms with Gasteiger partial charge in [0, 0.05) is 17.9 Å². The molecule has 1 aromatic carbocycles. The van der Waals surface area contributed by atoms with Crippen LogP contribution in [0.15, 0.2) is 24.3 Å². The van der Waals surface area contributed by atoms with E-state index in [2.05, 4.69) is 22.4 Å². The topological polar surface area (TPSA) is 78.9 Å². The molecule has 0 aliphatic carbocycles. The van der Waals surface area contributed by atoms with Crippen molar-refractivity contribution in [1.29, 1.82) is 0 Å². The maximum atomic E-state index is 5.98. The summed E-state index contributed by atoms with van der Waals surface area (Å²) in [7, 11) is 0. The minimum atomic E-state index is -0.193. The van der Waals surface area contributed by atoms with Gasteiger partial charge in [-0.3, -0.25) is 0 Å². The summed E-state index contributed by atoms with van der Waals surface area (Å²) in [6.45, 7) is 3.46. The van der Waals surface area contributed by atoms with Crippen LogP contribution in [0.3, 0.4) is 0 Å². The molecule has 6 heteroatoms. The lowest BCUT2D eigenvalue weighted by molar-refractivity contribution is 0.155. The summed E-state index contributed by atoms with van der Waals surface area (Å²) in [6.07, 6.45) is 0.901. The zero-order valence-electron chi connectivity index (χ0n) is 10.2. The quantitative estimate of drug-likeness (QED) is 0.800. The molecule has 0 radical (unpaired) electrons. The molecule has 0 bridgehead atoms. The molecule has 0 saturated carbocycles. The van der Waals surface area contributed by atoms with Crippen molar-refractivity contribution < 1.29 is 4.74 Å². The number of nitrogens with zero attached hydrogens (tertiary/aromatic N) is 4. The number of benzene rings is 1. The minimum Gasteiger partial charge on any atom is -0.398 e. The molecule has 1 aliphatic heterocycles. The van der Waals surface area contributed by atoms with Gasteiger partial charge in [0.05, 0.1) is 12.1 Å². The van der Waals surface area contributed by atoms with E-state index in [1.165, 1.54) is 0 Å². The van der Waals surface area contributed by atoms with E-state index >= 15 is 0 Å². The van der Waals surface area contributed by atoms with Gasteiger partial charge in [0.25, 0.3) is 0 Å². The fourth-order valence-corrected chi connectivity index (χ4v) is 2.24. The third-order valence-electron chi connectivity index (χ3n) is 3.38. The highest BCUT2D eigenvalue weighted by Gasteiger charge is 2.35. The standard InChI is InChI=1S/C12H15N5O/c1-12(6-7-18-8-12)17-11(14-15-16-17)9-4-2-3-5-10(9)13/h2-5H,6-8,13H2,1H3. The average molecular weight is 245 g/mol. The Morgan fingerprint density at radius 3 is 2.94 bits per heavy atom. The second-order valence-corrected chi connectivity index (χ2v) is 4.80. The molecule has 2 heterocycles. The summed E-state index contributed by atoms with van der Waals surface area (Å²) < 4.78 is 7.28. The molecule has 1 aliphatic rings. The predicted octanol–water partition coefficient (Wildman–Crippen LogP) is 1.06. The molecule has 6 nitrogen and oxygen atoms in total. The fourth-order valence-electron chi connectivity index (χ4n) is 2.24. The van der Waals surface area contributed by atoms with E-state index in [-0.39, 0.29) is 5.54 Å². The van der Waals surface area contributed by atoms with Crippen molar-refractivity contribution in [3.63, 3.8) is 0 Å². The highest BCUT2D eigenvalue weighted by molar-refractivity contribution is 5.71. The van der Waals surface area contributed by atoms with E-state index in [1.807, 2.05) is 28.9 Å². The Morgan fingerprint density at radius 1 is 1.39 bits per heavy atom. The molecule has 0 spiro atoms. The number of ether oxygens (including phenoxy) is 1. The van der Waals surface area contributed by atoms with Crippen molar-refractivity contribution in [2.24, 2.45) is 0 Å². The number of hydrogen-bond donors (Lipinski definition) is 1. The van der Waals surface area contributed by atoms with Crippen LogP contribution in [-0.2, 0) is 10.3 Å². The summed E-state index contributed by atoms with van der Waals surface area (Å²) in [5.74, 6) is 0.695. The first-order valence-electron chi connectivity index (χ1n) is 5.92. The highest BCUT2D eigenvalue weighted by Crippen LogP contribution is 2.31. The molecule has 2 N–H and O–H groups in total. The first-order valence-corrected chi connectivity index (χ1v) is 5.92. The van der Waals surface area contributed by atoms with Crippen LogP contribution in [0.25, 0.3) is 11.4 Å². The van der Waals surface area contributed by atoms with Crippen LogP contribution >= 0.6 is 0 Å². The molecule has 1 atom stereocenters.